The van der Waals surface area contributed by atoms with E-state index in [0.717, 1.165) is 22.4 Å². The number of hydrogen-bond acceptors (Lipinski definition) is 5. The monoisotopic (exact) mass is 508 g/mol. The summed E-state index contributed by atoms with van der Waals surface area (Å²) >= 11 is 12.6. The van der Waals surface area contributed by atoms with Gasteiger partial charge in [-0.15, -0.1) is 0 Å². The van der Waals surface area contributed by atoms with Crippen molar-refractivity contribution >= 4 is 69.2 Å². The molecule has 172 valence electrons. The Balaban J connectivity index is 1.37. The van der Waals surface area contributed by atoms with Gasteiger partial charge in [0.05, 0.1) is 10.6 Å². The van der Waals surface area contributed by atoms with E-state index < -0.39 is 0 Å². The highest BCUT2D eigenvalue weighted by Gasteiger charge is 2.33. The number of thioether (sulfide) groups is 1. The van der Waals surface area contributed by atoms with Crippen molar-refractivity contribution in [2.45, 2.75) is 13.8 Å². The molecule has 1 saturated heterocycles. The first-order valence-corrected chi connectivity index (χ1v) is 12.0. The summed E-state index contributed by atoms with van der Waals surface area (Å²) in [5.41, 5.74) is 4.42. The molecule has 0 spiro atoms. The third-order valence-corrected chi connectivity index (χ3v) is 6.86. The number of benzene rings is 3. The zero-order valence-electron chi connectivity index (χ0n) is 18.5. The van der Waals surface area contributed by atoms with E-state index in [9.17, 15) is 9.59 Å². The molecular weight excluding hydrogens is 488 g/mol. The number of hydrogen-bond donors (Lipinski definition) is 1. The van der Waals surface area contributed by atoms with Gasteiger partial charge in [-0.3, -0.25) is 14.5 Å². The molecule has 3 aromatic carbocycles. The molecule has 0 aliphatic carbocycles. The molecule has 1 aliphatic heterocycles. The normalized spacial score (nSPS) is 14.6. The fourth-order valence-corrected chi connectivity index (χ4v) is 4.74. The number of anilines is 2. The van der Waals surface area contributed by atoms with Crippen LogP contribution in [0, 0.1) is 13.8 Å². The Hall–Kier alpha value is -3.13. The molecule has 8 heteroatoms. The number of nitrogens with zero attached hydrogens (tertiary/aromatic N) is 1. The molecule has 2 amide bonds. The second-order valence-corrected chi connectivity index (χ2v) is 9.76. The number of nitrogens with one attached hydrogen (secondary N) is 1. The molecule has 0 radical (unpaired) electrons. The van der Waals surface area contributed by atoms with E-state index in [1.807, 2.05) is 44.2 Å². The number of ether oxygens (including phenoxy) is 1. The van der Waals surface area contributed by atoms with Crippen LogP contribution in [0.25, 0.3) is 6.08 Å². The maximum absolute atomic E-state index is 12.9. The maximum Gasteiger partial charge on any atom is 0.270 e. The lowest BCUT2D eigenvalue weighted by atomic mass is 10.1. The summed E-state index contributed by atoms with van der Waals surface area (Å²) < 4.78 is 6.08. The number of aryl methyl sites for hydroxylation is 1. The van der Waals surface area contributed by atoms with Crippen LogP contribution in [-0.2, 0) is 9.59 Å². The molecule has 0 aromatic heterocycles. The van der Waals surface area contributed by atoms with E-state index in [-0.39, 0.29) is 18.4 Å². The maximum atomic E-state index is 12.9. The zero-order chi connectivity index (χ0) is 24.2. The SMILES string of the molecule is Cc1cccc(NC(=O)COc2ccc(/C=C3\SC(=S)N(c4ccc(Cl)cc4)C3=O)cc2)c1C. The van der Waals surface area contributed by atoms with Crippen molar-refractivity contribution in [1.29, 1.82) is 0 Å². The van der Waals surface area contributed by atoms with E-state index in [0.29, 0.717) is 25.7 Å². The summed E-state index contributed by atoms with van der Waals surface area (Å²) in [4.78, 5) is 27.2. The topological polar surface area (TPSA) is 58.6 Å². The van der Waals surface area contributed by atoms with Crippen molar-refractivity contribution < 1.29 is 14.3 Å². The smallest absolute Gasteiger partial charge is 0.270 e. The number of carbonyl (C=O) groups excluding carboxylic acids is 2. The third-order valence-electron chi connectivity index (χ3n) is 5.31. The first-order valence-electron chi connectivity index (χ1n) is 10.4. The summed E-state index contributed by atoms with van der Waals surface area (Å²) in [6.07, 6.45) is 1.78. The highest BCUT2D eigenvalue weighted by molar-refractivity contribution is 8.27. The van der Waals surface area contributed by atoms with Crippen LogP contribution in [0.15, 0.2) is 71.6 Å². The molecule has 0 unspecified atom stereocenters. The van der Waals surface area contributed by atoms with Gasteiger partial charge >= 0.3 is 0 Å². The lowest BCUT2D eigenvalue weighted by molar-refractivity contribution is -0.118. The van der Waals surface area contributed by atoms with Gasteiger partial charge in [0.25, 0.3) is 11.8 Å². The summed E-state index contributed by atoms with van der Waals surface area (Å²) in [5, 5.41) is 3.47. The second-order valence-electron chi connectivity index (χ2n) is 7.65. The molecule has 0 saturated carbocycles. The molecular formula is C26H21ClN2O3S2. The molecule has 1 N–H and O–H groups in total. The molecule has 0 bridgehead atoms. The van der Waals surface area contributed by atoms with Crippen LogP contribution in [0.5, 0.6) is 5.75 Å². The summed E-state index contributed by atoms with van der Waals surface area (Å²) in [6.45, 7) is 3.86. The molecule has 1 fully saturated rings. The summed E-state index contributed by atoms with van der Waals surface area (Å²) in [5.74, 6) is 0.145. The van der Waals surface area contributed by atoms with Crippen molar-refractivity contribution in [2.24, 2.45) is 0 Å². The lowest BCUT2D eigenvalue weighted by Crippen LogP contribution is -2.27. The van der Waals surface area contributed by atoms with E-state index in [4.69, 9.17) is 28.6 Å². The Kier molecular flexibility index (Phi) is 7.36. The Bertz CT molecular complexity index is 1290. The van der Waals surface area contributed by atoms with Crippen molar-refractivity contribution in [3.63, 3.8) is 0 Å². The van der Waals surface area contributed by atoms with Crippen molar-refractivity contribution in [3.05, 3.63) is 93.3 Å². The molecule has 5 nitrogen and oxygen atoms in total. The summed E-state index contributed by atoms with van der Waals surface area (Å²) in [7, 11) is 0. The van der Waals surface area contributed by atoms with Gasteiger partial charge in [-0.25, -0.2) is 0 Å². The van der Waals surface area contributed by atoms with Gasteiger partial charge < -0.3 is 10.1 Å². The Morgan fingerprint density at radius 2 is 1.79 bits per heavy atom. The van der Waals surface area contributed by atoms with Gasteiger partial charge in [0.1, 0.15) is 5.75 Å². The van der Waals surface area contributed by atoms with Crippen LogP contribution in [0.1, 0.15) is 16.7 Å². The molecule has 1 aliphatic rings. The number of rotatable bonds is 6. The standard InChI is InChI=1S/C26H21ClN2O3S2/c1-16-4-3-5-22(17(16)2)28-24(30)15-32-21-12-6-18(7-13-21)14-23-25(31)29(26(33)34-23)20-10-8-19(27)9-11-20/h3-14H,15H2,1-2H3,(H,28,30)/b23-14-. The van der Waals surface area contributed by atoms with E-state index in [1.54, 1.807) is 42.5 Å². The van der Waals surface area contributed by atoms with Crippen LogP contribution < -0.4 is 15.0 Å². The van der Waals surface area contributed by atoms with Gasteiger partial charge in [-0.05, 0) is 79.1 Å². The molecule has 1 heterocycles. The minimum absolute atomic E-state index is 0.105. The number of carbonyl (C=O) groups is 2. The predicted octanol–water partition coefficient (Wildman–Crippen LogP) is 6.38. The number of thiocarbonyl (C=S) groups is 1. The van der Waals surface area contributed by atoms with Crippen molar-refractivity contribution in [1.82, 2.24) is 0 Å². The molecule has 4 rings (SSSR count). The quantitative estimate of drug-likeness (QED) is 0.309. The van der Waals surface area contributed by atoms with E-state index in [2.05, 4.69) is 5.32 Å². The molecule has 0 atom stereocenters. The largest absolute Gasteiger partial charge is 0.484 e. The lowest BCUT2D eigenvalue weighted by Gasteiger charge is -2.14. The predicted molar refractivity (Wildman–Crippen MR) is 144 cm³/mol. The molecule has 34 heavy (non-hydrogen) atoms. The van der Waals surface area contributed by atoms with Gasteiger partial charge in [-0.2, -0.15) is 0 Å². The number of halogens is 1. The minimum atomic E-state index is -0.233. The summed E-state index contributed by atoms with van der Waals surface area (Å²) in [6, 6.07) is 19.9. The van der Waals surface area contributed by atoms with Crippen LogP contribution >= 0.6 is 35.6 Å². The third kappa shape index (κ3) is 5.50. The highest BCUT2D eigenvalue weighted by atomic mass is 35.5. The van der Waals surface area contributed by atoms with E-state index >= 15 is 0 Å². The fraction of sp³-hybridized carbons (Fsp3) is 0.115. The van der Waals surface area contributed by atoms with Gasteiger partial charge in [0, 0.05) is 10.7 Å². The van der Waals surface area contributed by atoms with Crippen LogP contribution in [0.4, 0.5) is 11.4 Å². The fourth-order valence-electron chi connectivity index (χ4n) is 3.31. The zero-order valence-corrected chi connectivity index (χ0v) is 20.9. The second kappa shape index (κ2) is 10.4. The minimum Gasteiger partial charge on any atom is -0.484 e. The first kappa shape index (κ1) is 24.0. The number of amides is 2. The average Bonchev–Trinajstić information content (AvgIpc) is 3.10. The highest BCUT2D eigenvalue weighted by Crippen LogP contribution is 2.36. The Morgan fingerprint density at radius 1 is 1.09 bits per heavy atom. The first-order chi connectivity index (χ1) is 16.3. The van der Waals surface area contributed by atoms with Crippen LogP contribution in [-0.4, -0.2) is 22.7 Å². The Labute approximate surface area is 212 Å². The van der Waals surface area contributed by atoms with Crippen LogP contribution in [0.3, 0.4) is 0 Å². The van der Waals surface area contributed by atoms with Crippen molar-refractivity contribution in [3.8, 4) is 5.75 Å². The van der Waals surface area contributed by atoms with Gasteiger partial charge in [-0.1, -0.05) is 59.8 Å². The Morgan fingerprint density at radius 3 is 2.50 bits per heavy atom. The van der Waals surface area contributed by atoms with Gasteiger partial charge in [0.2, 0.25) is 0 Å². The van der Waals surface area contributed by atoms with Crippen LogP contribution in [0.2, 0.25) is 5.02 Å². The van der Waals surface area contributed by atoms with E-state index in [1.165, 1.54) is 16.7 Å². The van der Waals surface area contributed by atoms with Crippen molar-refractivity contribution in [2.75, 3.05) is 16.8 Å². The van der Waals surface area contributed by atoms with Gasteiger partial charge in [0.15, 0.2) is 10.9 Å². The molecule has 3 aromatic rings. The average molecular weight is 509 g/mol.